The molecule has 155 valence electrons. The summed E-state index contributed by atoms with van der Waals surface area (Å²) in [5.41, 5.74) is 3.93. The van der Waals surface area contributed by atoms with Gasteiger partial charge in [-0.3, -0.25) is 0 Å². The molecule has 0 N–H and O–H groups in total. The molecule has 0 aliphatic carbocycles. The molecule has 0 fully saturated rings. The van der Waals surface area contributed by atoms with Crippen LogP contribution in [-0.4, -0.2) is 40.1 Å². The number of hydrogen-bond donors (Lipinski definition) is 0. The van der Waals surface area contributed by atoms with Crippen molar-refractivity contribution < 1.29 is 0 Å². The average Bonchev–Trinajstić information content (AvgIpc) is 2.53. The van der Waals surface area contributed by atoms with Gasteiger partial charge in [0, 0.05) is 0 Å². The SMILES string of the molecule is CC(C)P(=S)(Cc1cccc([C@H]([Ge]([Cl])[Cl])P(=S)(C(C)C)C(C)C)n1)C(C)C. The van der Waals surface area contributed by atoms with Crippen molar-refractivity contribution in [3.63, 3.8) is 0 Å². The second-order valence-corrected chi connectivity index (χ2v) is 29.2. The van der Waals surface area contributed by atoms with Crippen LogP contribution in [0.4, 0.5) is 0 Å². The second-order valence-electron chi connectivity index (χ2n) is 8.40. The molecule has 0 bridgehead atoms. The summed E-state index contributed by atoms with van der Waals surface area (Å²) in [6.45, 7) is 17.9. The van der Waals surface area contributed by atoms with E-state index < -0.39 is 24.6 Å². The fourth-order valence-corrected chi connectivity index (χ4v) is 26.3. The van der Waals surface area contributed by atoms with Gasteiger partial charge in [-0.15, -0.1) is 0 Å². The number of halogens is 2. The van der Waals surface area contributed by atoms with Gasteiger partial charge >= 0.3 is 191 Å². The Hall–Kier alpha value is 1.57. The summed E-state index contributed by atoms with van der Waals surface area (Å²) in [6, 6.07) is 2.97. The van der Waals surface area contributed by atoms with Gasteiger partial charge in [-0.25, -0.2) is 0 Å². The maximum absolute atomic E-state index is 6.68. The minimum absolute atomic E-state index is 0.0757. The zero-order valence-corrected chi connectivity index (χ0v) is 24.8. The van der Waals surface area contributed by atoms with Gasteiger partial charge in [-0.2, -0.15) is 0 Å². The molecule has 0 aliphatic rings. The van der Waals surface area contributed by atoms with Crippen LogP contribution in [0, 0.1) is 0 Å². The van der Waals surface area contributed by atoms with E-state index in [-0.39, 0.29) is 4.49 Å². The zero-order valence-electron chi connectivity index (χ0n) is 17.7. The molecule has 27 heavy (non-hydrogen) atoms. The molecule has 0 amide bonds. The van der Waals surface area contributed by atoms with Crippen molar-refractivity contribution in [2.45, 2.75) is 88.7 Å². The Kier molecular flexibility index (Phi) is 10.6. The summed E-state index contributed by atoms with van der Waals surface area (Å²) in [4.78, 5) is 5.07. The molecular formula is C19H34Cl2GeNP2S2. The van der Waals surface area contributed by atoms with Crippen molar-refractivity contribution in [1.29, 1.82) is 0 Å². The Bertz CT molecular complexity index is 699. The van der Waals surface area contributed by atoms with Gasteiger partial charge in [0.15, 0.2) is 0 Å². The number of hydrogen-bond acceptors (Lipinski definition) is 3. The maximum atomic E-state index is 6.68. The fraction of sp³-hybridized carbons (Fsp3) is 0.737. The fourth-order valence-electron chi connectivity index (χ4n) is 3.62. The normalized spacial score (nSPS) is 14.8. The van der Waals surface area contributed by atoms with Gasteiger partial charge in [0.1, 0.15) is 0 Å². The molecule has 0 aromatic carbocycles. The van der Waals surface area contributed by atoms with Crippen molar-refractivity contribution >= 4 is 68.2 Å². The monoisotopic (exact) mass is 546 g/mol. The summed E-state index contributed by atoms with van der Waals surface area (Å²) in [6.07, 6.45) is 0.893. The van der Waals surface area contributed by atoms with Gasteiger partial charge in [-0.1, -0.05) is 0 Å². The molecule has 1 aromatic rings. The Balaban J connectivity index is 3.44. The second kappa shape index (κ2) is 10.7. The summed E-state index contributed by atoms with van der Waals surface area (Å²) in [5, 5.41) is 0. The summed E-state index contributed by atoms with van der Waals surface area (Å²) in [7, 11) is 13.4. The van der Waals surface area contributed by atoms with E-state index in [1.807, 2.05) is 0 Å². The standard InChI is InChI=1S/C19H34Cl2GeNP2S2/c1-13(2)24(26,14(3)4)12-17-10-9-11-18(23-17)19(22(20)21)25(27,15(5)6)16(7)8/h9-11,13-16,19H,12H2,1-8H3/t19-/m1/s1. The van der Waals surface area contributed by atoms with Gasteiger partial charge in [0.2, 0.25) is 0 Å². The molecule has 0 unspecified atom stereocenters. The van der Waals surface area contributed by atoms with Crippen molar-refractivity contribution in [3.05, 3.63) is 29.6 Å². The van der Waals surface area contributed by atoms with E-state index >= 15 is 0 Å². The molecular weight excluding hydrogens is 512 g/mol. The van der Waals surface area contributed by atoms with Crippen molar-refractivity contribution in [3.8, 4) is 0 Å². The Labute approximate surface area is 190 Å². The average molecular weight is 546 g/mol. The van der Waals surface area contributed by atoms with E-state index in [1.165, 1.54) is 0 Å². The molecule has 0 saturated carbocycles. The third-order valence-electron chi connectivity index (χ3n) is 5.49. The zero-order chi connectivity index (χ0) is 21.2. The number of rotatable bonds is 9. The molecule has 0 spiro atoms. The molecule has 1 heterocycles. The summed E-state index contributed by atoms with van der Waals surface area (Å²) >= 11 is 10.1. The Morgan fingerprint density at radius 3 is 1.74 bits per heavy atom. The first-order valence-electron chi connectivity index (χ1n) is 9.59. The van der Waals surface area contributed by atoms with E-state index in [4.69, 9.17) is 48.6 Å². The molecule has 1 nitrogen and oxygen atoms in total. The quantitative estimate of drug-likeness (QED) is 0.233. The van der Waals surface area contributed by atoms with Crippen molar-refractivity contribution in [2.24, 2.45) is 0 Å². The third-order valence-corrected chi connectivity index (χ3v) is 30.7. The predicted octanol–water partition coefficient (Wildman–Crippen LogP) is 7.72. The summed E-state index contributed by atoms with van der Waals surface area (Å²) < 4.78 is 0.0757. The van der Waals surface area contributed by atoms with E-state index in [0.717, 1.165) is 17.5 Å². The van der Waals surface area contributed by atoms with Crippen LogP contribution in [0.15, 0.2) is 18.2 Å². The van der Waals surface area contributed by atoms with E-state index in [9.17, 15) is 0 Å². The third kappa shape index (κ3) is 6.05. The van der Waals surface area contributed by atoms with Crippen LogP contribution in [-0.2, 0) is 29.8 Å². The van der Waals surface area contributed by atoms with E-state index in [2.05, 4.69) is 73.6 Å². The van der Waals surface area contributed by atoms with Crippen LogP contribution in [0.3, 0.4) is 0 Å². The summed E-state index contributed by atoms with van der Waals surface area (Å²) in [5.74, 6) is 0. The molecule has 1 atom stereocenters. The van der Waals surface area contributed by atoms with Crippen molar-refractivity contribution in [1.82, 2.24) is 4.98 Å². The van der Waals surface area contributed by atoms with Gasteiger partial charge in [0.05, 0.1) is 0 Å². The van der Waals surface area contributed by atoms with Gasteiger partial charge in [-0.05, 0) is 0 Å². The van der Waals surface area contributed by atoms with Crippen LogP contribution in [0.25, 0.3) is 0 Å². The molecule has 1 rings (SSSR count). The minimum atomic E-state index is -2.35. The molecule has 1 radical (unpaired) electrons. The van der Waals surface area contributed by atoms with Crippen LogP contribution >= 0.6 is 32.1 Å². The molecule has 1 aromatic heterocycles. The first-order chi connectivity index (χ1) is 12.3. The van der Waals surface area contributed by atoms with E-state index in [0.29, 0.717) is 22.6 Å². The predicted molar refractivity (Wildman–Crippen MR) is 137 cm³/mol. The Morgan fingerprint density at radius 2 is 1.37 bits per heavy atom. The van der Waals surface area contributed by atoms with Crippen LogP contribution in [0.5, 0.6) is 0 Å². The van der Waals surface area contributed by atoms with Crippen LogP contribution < -0.4 is 0 Å². The number of nitrogens with zero attached hydrogens (tertiary/aromatic N) is 1. The first kappa shape index (κ1) is 26.6. The molecule has 0 aliphatic heterocycles. The molecule has 0 saturated heterocycles. The van der Waals surface area contributed by atoms with E-state index in [1.54, 1.807) is 0 Å². The van der Waals surface area contributed by atoms with Crippen LogP contribution in [0.1, 0.15) is 71.3 Å². The van der Waals surface area contributed by atoms with Crippen LogP contribution in [0.2, 0.25) is 0 Å². The number of pyridine rings is 1. The van der Waals surface area contributed by atoms with Crippen molar-refractivity contribution in [2.75, 3.05) is 0 Å². The topological polar surface area (TPSA) is 12.9 Å². The van der Waals surface area contributed by atoms with Gasteiger partial charge in [0.25, 0.3) is 0 Å². The first-order valence-corrected chi connectivity index (χ1v) is 22.5. The van der Waals surface area contributed by atoms with Gasteiger partial charge < -0.3 is 0 Å². The number of aromatic nitrogens is 1. The Morgan fingerprint density at radius 1 is 0.889 bits per heavy atom. The molecule has 8 heteroatoms.